The van der Waals surface area contributed by atoms with Crippen LogP contribution in [0, 0.1) is 5.92 Å². The van der Waals surface area contributed by atoms with E-state index in [-0.39, 0.29) is 0 Å². The van der Waals surface area contributed by atoms with Gasteiger partial charge in [0.15, 0.2) is 0 Å². The minimum Gasteiger partial charge on any atom is -0.380 e. The molecule has 0 radical (unpaired) electrons. The van der Waals surface area contributed by atoms with Gasteiger partial charge in [0.05, 0.1) is 12.3 Å². The first-order valence-corrected chi connectivity index (χ1v) is 6.68. The summed E-state index contributed by atoms with van der Waals surface area (Å²) in [4.78, 5) is 6.63. The molecule has 0 atom stereocenters. The summed E-state index contributed by atoms with van der Waals surface area (Å²) in [5.41, 5.74) is 7.70. The summed E-state index contributed by atoms with van der Waals surface area (Å²) >= 11 is 0. The van der Waals surface area contributed by atoms with Gasteiger partial charge >= 0.3 is 0 Å². The maximum absolute atomic E-state index is 5.62. The van der Waals surface area contributed by atoms with Crippen molar-refractivity contribution in [1.82, 2.24) is 9.88 Å². The Bertz CT molecular complexity index is 349. The van der Waals surface area contributed by atoms with E-state index < -0.39 is 0 Å². The number of nitrogens with two attached hydrogens (primary N) is 1. The summed E-state index contributed by atoms with van der Waals surface area (Å²) in [5, 5.41) is 0. The van der Waals surface area contributed by atoms with Crippen molar-refractivity contribution in [1.29, 1.82) is 0 Å². The van der Waals surface area contributed by atoms with Crippen LogP contribution < -0.4 is 5.73 Å². The highest BCUT2D eigenvalue weighted by Gasteiger charge is 2.20. The van der Waals surface area contributed by atoms with Crippen molar-refractivity contribution in [2.24, 2.45) is 11.7 Å². The molecule has 0 spiro atoms. The molecular formula is C14H23N3O. The first-order chi connectivity index (χ1) is 8.78. The van der Waals surface area contributed by atoms with Gasteiger partial charge in [0.2, 0.25) is 0 Å². The van der Waals surface area contributed by atoms with Gasteiger partial charge in [0.25, 0.3) is 0 Å². The van der Waals surface area contributed by atoms with E-state index in [9.17, 15) is 0 Å². The molecule has 1 saturated carbocycles. The van der Waals surface area contributed by atoms with E-state index in [2.05, 4.69) is 16.9 Å². The Morgan fingerprint density at radius 1 is 1.44 bits per heavy atom. The first kappa shape index (κ1) is 13.5. The van der Waals surface area contributed by atoms with Crippen LogP contribution in [0.15, 0.2) is 18.3 Å². The molecule has 2 N–H and O–H groups in total. The Morgan fingerprint density at radius 3 is 2.89 bits per heavy atom. The molecule has 0 saturated heterocycles. The van der Waals surface area contributed by atoms with E-state index in [1.807, 2.05) is 18.3 Å². The van der Waals surface area contributed by atoms with Gasteiger partial charge in [-0.2, -0.15) is 0 Å². The third kappa shape index (κ3) is 4.72. The SMILES string of the molecule is CN(CCOCC1CC1)Cc1ccc(CN)cn1. The molecule has 1 fully saturated rings. The van der Waals surface area contributed by atoms with Crippen LogP contribution in [0.4, 0.5) is 0 Å². The maximum Gasteiger partial charge on any atom is 0.0593 e. The molecule has 0 unspecified atom stereocenters. The van der Waals surface area contributed by atoms with Crippen molar-refractivity contribution in [3.8, 4) is 0 Å². The van der Waals surface area contributed by atoms with Gasteiger partial charge in [0, 0.05) is 32.4 Å². The minimum absolute atomic E-state index is 0.554. The van der Waals surface area contributed by atoms with Crippen LogP contribution in [0.3, 0.4) is 0 Å². The topological polar surface area (TPSA) is 51.4 Å². The van der Waals surface area contributed by atoms with Crippen LogP contribution in [0.1, 0.15) is 24.1 Å². The fourth-order valence-corrected chi connectivity index (χ4v) is 1.78. The van der Waals surface area contributed by atoms with Crippen molar-refractivity contribution in [2.45, 2.75) is 25.9 Å². The maximum atomic E-state index is 5.62. The van der Waals surface area contributed by atoms with Gasteiger partial charge in [0.1, 0.15) is 0 Å². The van der Waals surface area contributed by atoms with Gasteiger partial charge in [-0.25, -0.2) is 0 Å². The second kappa shape index (κ2) is 6.83. The van der Waals surface area contributed by atoms with Crippen molar-refractivity contribution in [3.05, 3.63) is 29.6 Å². The molecule has 1 aromatic heterocycles. The lowest BCUT2D eigenvalue weighted by molar-refractivity contribution is 0.101. The summed E-state index contributed by atoms with van der Waals surface area (Å²) in [5.74, 6) is 0.848. The number of hydrogen-bond donors (Lipinski definition) is 1. The first-order valence-electron chi connectivity index (χ1n) is 6.68. The number of likely N-dealkylation sites (N-methyl/N-ethyl adjacent to an activating group) is 1. The molecule has 1 aliphatic rings. The monoisotopic (exact) mass is 249 g/mol. The average Bonchev–Trinajstić information content (AvgIpc) is 3.20. The number of pyridine rings is 1. The normalized spacial score (nSPS) is 15.3. The molecule has 1 heterocycles. The molecule has 1 aromatic rings. The molecule has 4 nitrogen and oxygen atoms in total. The Hall–Kier alpha value is -0.970. The lowest BCUT2D eigenvalue weighted by Gasteiger charge is -2.16. The highest BCUT2D eigenvalue weighted by Crippen LogP contribution is 2.28. The summed E-state index contributed by atoms with van der Waals surface area (Å²) in [6.45, 7) is 4.12. The second-order valence-corrected chi connectivity index (χ2v) is 5.12. The molecule has 0 amide bonds. The molecule has 4 heteroatoms. The van der Waals surface area contributed by atoms with Gasteiger partial charge in [-0.15, -0.1) is 0 Å². The Kier molecular flexibility index (Phi) is 5.11. The Labute approximate surface area is 109 Å². The quantitative estimate of drug-likeness (QED) is 0.708. The van der Waals surface area contributed by atoms with E-state index in [0.29, 0.717) is 6.54 Å². The molecule has 18 heavy (non-hydrogen) atoms. The molecule has 0 aromatic carbocycles. The van der Waals surface area contributed by atoms with Gasteiger partial charge in [-0.3, -0.25) is 9.88 Å². The Balaban J connectivity index is 1.63. The standard InChI is InChI=1S/C14H23N3O/c1-17(6-7-18-11-12-2-3-12)10-14-5-4-13(8-15)9-16-14/h4-5,9,12H,2-3,6-8,10-11,15H2,1H3. The number of ether oxygens (including phenoxy) is 1. The number of hydrogen-bond acceptors (Lipinski definition) is 4. The fraction of sp³-hybridized carbons (Fsp3) is 0.643. The Morgan fingerprint density at radius 2 is 2.28 bits per heavy atom. The van der Waals surface area contributed by atoms with Gasteiger partial charge in [-0.05, 0) is 37.4 Å². The summed E-state index contributed by atoms with van der Waals surface area (Å²) in [6.07, 6.45) is 4.56. The lowest BCUT2D eigenvalue weighted by Crippen LogP contribution is -2.23. The number of aromatic nitrogens is 1. The third-order valence-electron chi connectivity index (χ3n) is 3.22. The average molecular weight is 249 g/mol. The van der Waals surface area contributed by atoms with Crippen LogP contribution in [0.2, 0.25) is 0 Å². The summed E-state index contributed by atoms with van der Waals surface area (Å²) < 4.78 is 5.62. The molecule has 100 valence electrons. The molecule has 1 aliphatic carbocycles. The largest absolute Gasteiger partial charge is 0.380 e. The molecule has 0 aliphatic heterocycles. The van der Waals surface area contributed by atoms with Crippen LogP contribution in [0.5, 0.6) is 0 Å². The van der Waals surface area contributed by atoms with E-state index >= 15 is 0 Å². The highest BCUT2D eigenvalue weighted by molar-refractivity contribution is 5.13. The van der Waals surface area contributed by atoms with Gasteiger partial charge in [-0.1, -0.05) is 6.07 Å². The minimum atomic E-state index is 0.554. The molecule has 2 rings (SSSR count). The predicted molar refractivity (Wildman–Crippen MR) is 72.0 cm³/mol. The van der Waals surface area contributed by atoms with Crippen molar-refractivity contribution in [3.63, 3.8) is 0 Å². The second-order valence-electron chi connectivity index (χ2n) is 5.12. The zero-order chi connectivity index (χ0) is 12.8. The summed E-state index contributed by atoms with van der Waals surface area (Å²) in [6, 6.07) is 4.09. The van der Waals surface area contributed by atoms with Crippen molar-refractivity contribution in [2.75, 3.05) is 26.8 Å². The van der Waals surface area contributed by atoms with Crippen LogP contribution in [0.25, 0.3) is 0 Å². The zero-order valence-electron chi connectivity index (χ0n) is 11.1. The number of rotatable bonds is 8. The van der Waals surface area contributed by atoms with E-state index in [1.165, 1.54) is 12.8 Å². The van der Waals surface area contributed by atoms with Crippen LogP contribution in [-0.4, -0.2) is 36.7 Å². The smallest absolute Gasteiger partial charge is 0.0593 e. The van der Waals surface area contributed by atoms with Crippen molar-refractivity contribution >= 4 is 0 Å². The van der Waals surface area contributed by atoms with Crippen LogP contribution >= 0.6 is 0 Å². The van der Waals surface area contributed by atoms with Crippen LogP contribution in [-0.2, 0) is 17.8 Å². The highest BCUT2D eigenvalue weighted by atomic mass is 16.5. The summed E-state index contributed by atoms with van der Waals surface area (Å²) in [7, 11) is 2.10. The predicted octanol–water partition coefficient (Wildman–Crippen LogP) is 1.40. The van der Waals surface area contributed by atoms with Gasteiger partial charge < -0.3 is 10.5 Å². The van der Waals surface area contributed by atoms with E-state index in [0.717, 1.165) is 43.5 Å². The molecule has 0 bridgehead atoms. The lowest BCUT2D eigenvalue weighted by atomic mass is 10.2. The zero-order valence-corrected chi connectivity index (χ0v) is 11.1. The number of nitrogens with zero attached hydrogens (tertiary/aromatic N) is 2. The third-order valence-corrected chi connectivity index (χ3v) is 3.22. The van der Waals surface area contributed by atoms with Crippen molar-refractivity contribution < 1.29 is 4.74 Å². The molecular weight excluding hydrogens is 226 g/mol. The fourth-order valence-electron chi connectivity index (χ4n) is 1.78. The van der Waals surface area contributed by atoms with E-state index in [4.69, 9.17) is 10.5 Å². The van der Waals surface area contributed by atoms with E-state index in [1.54, 1.807) is 0 Å².